The minimum absolute atomic E-state index is 0.222. The van der Waals surface area contributed by atoms with Gasteiger partial charge < -0.3 is 4.74 Å². The number of benzene rings is 2. The highest BCUT2D eigenvalue weighted by Crippen LogP contribution is 2.35. The van der Waals surface area contributed by atoms with E-state index in [1.54, 1.807) is 29.4 Å². The van der Waals surface area contributed by atoms with Crippen LogP contribution in [-0.2, 0) is 16.4 Å². The Balaban J connectivity index is 1.59. The number of fused-ring (bicyclic) bond motifs is 1. The first-order chi connectivity index (χ1) is 12.0. The Kier molecular flexibility index (Phi) is 4.26. The molecule has 0 N–H and O–H groups in total. The van der Waals surface area contributed by atoms with Gasteiger partial charge in [0.2, 0.25) is 10.0 Å². The van der Waals surface area contributed by atoms with E-state index < -0.39 is 10.0 Å². The second kappa shape index (κ2) is 6.31. The molecule has 1 atom stereocenters. The van der Waals surface area contributed by atoms with Crippen LogP contribution in [0.15, 0.2) is 41.3 Å². The maximum atomic E-state index is 13.0. The van der Waals surface area contributed by atoms with Crippen molar-refractivity contribution in [2.45, 2.75) is 30.6 Å². The van der Waals surface area contributed by atoms with E-state index in [1.165, 1.54) is 11.1 Å². The van der Waals surface area contributed by atoms with E-state index in [0.29, 0.717) is 28.6 Å². The quantitative estimate of drug-likeness (QED) is 0.818. The van der Waals surface area contributed by atoms with Gasteiger partial charge >= 0.3 is 0 Å². The second-order valence-corrected chi connectivity index (χ2v) is 8.99. The van der Waals surface area contributed by atoms with Crippen LogP contribution in [0.3, 0.4) is 0 Å². The molecule has 2 heterocycles. The van der Waals surface area contributed by atoms with Crippen molar-refractivity contribution in [2.75, 3.05) is 19.7 Å². The van der Waals surface area contributed by atoms with Gasteiger partial charge in [0, 0.05) is 24.5 Å². The fraction of sp³-hybridized carbons (Fsp3) is 0.368. The van der Waals surface area contributed by atoms with E-state index in [0.717, 1.165) is 25.2 Å². The lowest BCUT2D eigenvalue weighted by atomic mass is 9.96. The lowest BCUT2D eigenvalue weighted by Gasteiger charge is -2.19. The van der Waals surface area contributed by atoms with E-state index in [4.69, 9.17) is 16.3 Å². The molecule has 0 bridgehead atoms. The van der Waals surface area contributed by atoms with Crippen molar-refractivity contribution >= 4 is 21.6 Å². The van der Waals surface area contributed by atoms with Crippen LogP contribution in [0.1, 0.15) is 29.0 Å². The van der Waals surface area contributed by atoms with Crippen LogP contribution in [0.25, 0.3) is 0 Å². The Morgan fingerprint density at radius 2 is 2.08 bits per heavy atom. The van der Waals surface area contributed by atoms with Crippen LogP contribution in [0, 0.1) is 6.92 Å². The lowest BCUT2D eigenvalue weighted by Crippen LogP contribution is -2.29. The van der Waals surface area contributed by atoms with Crippen molar-refractivity contribution in [2.24, 2.45) is 0 Å². The molecule has 4 nitrogen and oxygen atoms in total. The molecule has 2 aliphatic heterocycles. The molecule has 2 aromatic carbocycles. The number of hydrogen-bond donors (Lipinski definition) is 0. The van der Waals surface area contributed by atoms with Gasteiger partial charge in [-0.2, -0.15) is 4.31 Å². The van der Waals surface area contributed by atoms with Crippen LogP contribution >= 0.6 is 11.6 Å². The van der Waals surface area contributed by atoms with Crippen molar-refractivity contribution < 1.29 is 13.2 Å². The van der Waals surface area contributed by atoms with Crippen molar-refractivity contribution in [3.05, 3.63) is 58.1 Å². The minimum atomic E-state index is -3.52. The third kappa shape index (κ3) is 2.94. The fourth-order valence-electron chi connectivity index (χ4n) is 3.69. The summed E-state index contributed by atoms with van der Waals surface area (Å²) in [7, 11) is -3.52. The smallest absolute Gasteiger partial charge is 0.243 e. The highest BCUT2D eigenvalue weighted by molar-refractivity contribution is 7.89. The van der Waals surface area contributed by atoms with Gasteiger partial charge in [0.1, 0.15) is 5.75 Å². The zero-order valence-electron chi connectivity index (χ0n) is 14.0. The average Bonchev–Trinajstić information content (AvgIpc) is 3.25. The Bertz CT molecular complexity index is 926. The summed E-state index contributed by atoms with van der Waals surface area (Å²) >= 11 is 6.11. The molecule has 25 heavy (non-hydrogen) atoms. The number of sulfonamides is 1. The summed E-state index contributed by atoms with van der Waals surface area (Å²) in [5, 5.41) is 0.482. The lowest BCUT2D eigenvalue weighted by molar-refractivity contribution is 0.357. The highest BCUT2D eigenvalue weighted by atomic mass is 35.5. The van der Waals surface area contributed by atoms with Crippen molar-refractivity contribution in [1.82, 2.24) is 4.31 Å². The van der Waals surface area contributed by atoms with Crippen LogP contribution in [0.4, 0.5) is 0 Å². The largest absolute Gasteiger partial charge is 0.493 e. The molecule has 0 radical (unpaired) electrons. The summed E-state index contributed by atoms with van der Waals surface area (Å²) in [5.74, 6) is 1.18. The monoisotopic (exact) mass is 377 g/mol. The van der Waals surface area contributed by atoms with Gasteiger partial charge in [0.25, 0.3) is 0 Å². The SMILES string of the molecule is Cc1c(Cl)cccc1S(=O)(=O)N1CCC(c2ccc3c(c2)CCO3)C1. The number of rotatable bonds is 3. The molecule has 0 amide bonds. The first-order valence-corrected chi connectivity index (χ1v) is 10.3. The number of hydrogen-bond acceptors (Lipinski definition) is 3. The standard InChI is InChI=1S/C19H20ClNO3S/c1-13-17(20)3-2-4-19(13)25(22,23)21-9-7-16(12-21)14-5-6-18-15(11-14)8-10-24-18/h2-6,11,16H,7-10,12H2,1H3. The summed E-state index contributed by atoms with van der Waals surface area (Å²) < 4.78 is 33.2. The summed E-state index contributed by atoms with van der Waals surface area (Å²) in [4.78, 5) is 0.308. The third-order valence-corrected chi connectivity index (χ3v) is 7.59. The van der Waals surface area contributed by atoms with E-state index in [9.17, 15) is 8.42 Å². The van der Waals surface area contributed by atoms with Gasteiger partial charge in [-0.25, -0.2) is 8.42 Å². The van der Waals surface area contributed by atoms with Crippen molar-refractivity contribution in [3.8, 4) is 5.75 Å². The number of halogens is 1. The van der Waals surface area contributed by atoms with Crippen LogP contribution in [0.5, 0.6) is 5.75 Å². The number of nitrogens with zero attached hydrogens (tertiary/aromatic N) is 1. The topological polar surface area (TPSA) is 46.6 Å². The second-order valence-electron chi connectivity index (χ2n) is 6.68. The fourth-order valence-corrected chi connectivity index (χ4v) is 5.66. The van der Waals surface area contributed by atoms with Crippen LogP contribution < -0.4 is 4.74 Å². The molecular formula is C19H20ClNO3S. The molecular weight excluding hydrogens is 358 g/mol. The summed E-state index contributed by atoms with van der Waals surface area (Å²) in [6, 6.07) is 11.3. The van der Waals surface area contributed by atoms with Gasteiger partial charge in [-0.15, -0.1) is 0 Å². The third-order valence-electron chi connectivity index (χ3n) is 5.17. The Morgan fingerprint density at radius 3 is 2.92 bits per heavy atom. The normalized spacial score (nSPS) is 20.5. The van der Waals surface area contributed by atoms with Gasteiger partial charge in [0.15, 0.2) is 0 Å². The van der Waals surface area contributed by atoms with E-state index in [1.807, 2.05) is 6.07 Å². The van der Waals surface area contributed by atoms with Crippen LogP contribution in [-0.4, -0.2) is 32.4 Å². The first kappa shape index (κ1) is 16.9. The highest BCUT2D eigenvalue weighted by Gasteiger charge is 2.34. The molecule has 1 fully saturated rings. The van der Waals surface area contributed by atoms with E-state index in [-0.39, 0.29) is 5.92 Å². The Labute approximate surface area is 153 Å². The predicted octanol–water partition coefficient (Wildman–Crippen LogP) is 3.76. The summed E-state index contributed by atoms with van der Waals surface area (Å²) in [6.45, 7) is 3.53. The van der Waals surface area contributed by atoms with Gasteiger partial charge in [-0.05, 0) is 54.2 Å². The average molecular weight is 378 g/mol. The molecule has 0 aliphatic carbocycles. The molecule has 1 saturated heterocycles. The zero-order chi connectivity index (χ0) is 17.6. The first-order valence-electron chi connectivity index (χ1n) is 8.48. The maximum Gasteiger partial charge on any atom is 0.243 e. The molecule has 4 rings (SSSR count). The van der Waals surface area contributed by atoms with Gasteiger partial charge in [0.05, 0.1) is 11.5 Å². The maximum absolute atomic E-state index is 13.0. The predicted molar refractivity (Wildman–Crippen MR) is 97.9 cm³/mol. The number of ether oxygens (including phenoxy) is 1. The Morgan fingerprint density at radius 1 is 1.24 bits per heavy atom. The molecule has 0 spiro atoms. The minimum Gasteiger partial charge on any atom is -0.493 e. The summed E-state index contributed by atoms with van der Waals surface area (Å²) in [6.07, 6.45) is 1.76. The molecule has 0 aromatic heterocycles. The molecule has 1 unspecified atom stereocenters. The van der Waals surface area contributed by atoms with E-state index >= 15 is 0 Å². The molecule has 132 valence electrons. The molecule has 0 saturated carbocycles. The van der Waals surface area contributed by atoms with Crippen molar-refractivity contribution in [3.63, 3.8) is 0 Å². The molecule has 6 heteroatoms. The zero-order valence-corrected chi connectivity index (χ0v) is 15.6. The van der Waals surface area contributed by atoms with Gasteiger partial charge in [-0.3, -0.25) is 0 Å². The molecule has 2 aliphatic rings. The van der Waals surface area contributed by atoms with Crippen LogP contribution in [0.2, 0.25) is 5.02 Å². The van der Waals surface area contributed by atoms with E-state index in [2.05, 4.69) is 12.1 Å². The summed E-state index contributed by atoms with van der Waals surface area (Å²) in [5.41, 5.74) is 3.04. The Hall–Kier alpha value is -1.56. The molecule has 2 aromatic rings. The van der Waals surface area contributed by atoms with Crippen molar-refractivity contribution in [1.29, 1.82) is 0 Å². The van der Waals surface area contributed by atoms with Gasteiger partial charge in [-0.1, -0.05) is 29.8 Å².